The maximum atomic E-state index is 11.1. The summed E-state index contributed by atoms with van der Waals surface area (Å²) in [4.78, 5) is 21.4. The average molecular weight is 185 g/mol. The van der Waals surface area contributed by atoms with Gasteiger partial charge in [-0.05, 0) is 20.8 Å². The normalized spacial score (nSPS) is 10.7. The number of rotatable bonds is 5. The molecule has 4 heteroatoms. The zero-order valence-electron chi connectivity index (χ0n) is 8.29. The van der Waals surface area contributed by atoms with Gasteiger partial charge in [-0.3, -0.25) is 0 Å². The lowest BCUT2D eigenvalue weighted by Gasteiger charge is -2.15. The highest BCUT2D eigenvalue weighted by Gasteiger charge is 2.23. The maximum absolute atomic E-state index is 11.1. The van der Waals surface area contributed by atoms with Crippen LogP contribution in [-0.4, -0.2) is 18.1 Å². The van der Waals surface area contributed by atoms with E-state index in [1.807, 2.05) is 0 Å². The van der Waals surface area contributed by atoms with Crippen molar-refractivity contribution in [3.05, 3.63) is 17.1 Å². The van der Waals surface area contributed by atoms with Crippen molar-refractivity contribution in [3.63, 3.8) is 0 Å². The standard InChI is InChI=1S/C9H15NO3/c1-5-13-8(11)7(2)6-9(3,4)10-12/h2,5-6H2,1,3-4H3. The highest BCUT2D eigenvalue weighted by molar-refractivity contribution is 5.87. The van der Waals surface area contributed by atoms with Gasteiger partial charge in [-0.25, -0.2) is 4.79 Å². The molecule has 13 heavy (non-hydrogen) atoms. The molecular formula is C9H15NO3. The molecule has 0 atom stereocenters. The Kier molecular flexibility index (Phi) is 4.31. The van der Waals surface area contributed by atoms with Gasteiger partial charge in [-0.1, -0.05) is 11.8 Å². The van der Waals surface area contributed by atoms with Crippen LogP contribution >= 0.6 is 0 Å². The number of hydrogen-bond donors (Lipinski definition) is 0. The summed E-state index contributed by atoms with van der Waals surface area (Å²) in [7, 11) is 0. The summed E-state index contributed by atoms with van der Waals surface area (Å²) in [6.45, 7) is 8.85. The highest BCUT2D eigenvalue weighted by atomic mass is 16.5. The number of esters is 1. The van der Waals surface area contributed by atoms with Crippen LogP contribution in [0.2, 0.25) is 0 Å². The van der Waals surface area contributed by atoms with E-state index in [0.717, 1.165) is 0 Å². The van der Waals surface area contributed by atoms with Gasteiger partial charge in [0.15, 0.2) is 0 Å². The molecule has 0 radical (unpaired) electrons. The second-order valence-corrected chi connectivity index (χ2v) is 3.40. The van der Waals surface area contributed by atoms with E-state index in [1.165, 1.54) is 0 Å². The van der Waals surface area contributed by atoms with E-state index in [0.29, 0.717) is 6.61 Å². The van der Waals surface area contributed by atoms with Crippen molar-refractivity contribution < 1.29 is 9.53 Å². The molecule has 4 nitrogen and oxygen atoms in total. The summed E-state index contributed by atoms with van der Waals surface area (Å²) in [5.74, 6) is -0.459. The van der Waals surface area contributed by atoms with Crippen molar-refractivity contribution in [1.29, 1.82) is 0 Å². The van der Waals surface area contributed by atoms with Crippen LogP contribution in [0.25, 0.3) is 0 Å². The lowest BCUT2D eigenvalue weighted by molar-refractivity contribution is -0.138. The van der Waals surface area contributed by atoms with Crippen LogP contribution in [0.15, 0.2) is 17.3 Å². The molecule has 0 amide bonds. The van der Waals surface area contributed by atoms with Crippen LogP contribution in [0.4, 0.5) is 0 Å². The van der Waals surface area contributed by atoms with E-state index in [9.17, 15) is 9.70 Å². The topological polar surface area (TPSA) is 55.7 Å². The fraction of sp³-hybridized carbons (Fsp3) is 0.667. The number of carbonyl (C=O) groups is 1. The Morgan fingerprint density at radius 1 is 1.54 bits per heavy atom. The minimum Gasteiger partial charge on any atom is -0.463 e. The van der Waals surface area contributed by atoms with Crippen LogP contribution in [0.3, 0.4) is 0 Å². The average Bonchev–Trinajstić information content (AvgIpc) is 2.04. The fourth-order valence-electron chi connectivity index (χ4n) is 0.860. The molecule has 0 aromatic rings. The summed E-state index contributed by atoms with van der Waals surface area (Å²) in [5, 5.41) is 2.88. The third kappa shape index (κ3) is 4.40. The summed E-state index contributed by atoms with van der Waals surface area (Å²) in [6.07, 6.45) is 0.231. The van der Waals surface area contributed by atoms with Crippen LogP contribution < -0.4 is 0 Å². The third-order valence-corrected chi connectivity index (χ3v) is 1.46. The van der Waals surface area contributed by atoms with Crippen molar-refractivity contribution in [2.24, 2.45) is 5.18 Å². The molecule has 0 N–H and O–H groups in total. The number of carbonyl (C=O) groups excluding carboxylic acids is 1. The molecule has 0 rings (SSSR count). The van der Waals surface area contributed by atoms with Crippen LogP contribution in [0.1, 0.15) is 27.2 Å². The molecule has 0 saturated carbocycles. The largest absolute Gasteiger partial charge is 0.463 e. The molecule has 0 spiro atoms. The number of nitroso groups, excluding NO2 is 1. The van der Waals surface area contributed by atoms with E-state index in [-0.39, 0.29) is 12.0 Å². The monoisotopic (exact) mass is 185 g/mol. The molecule has 0 heterocycles. The first-order valence-corrected chi connectivity index (χ1v) is 4.12. The van der Waals surface area contributed by atoms with Gasteiger partial charge in [-0.2, -0.15) is 4.91 Å². The van der Waals surface area contributed by atoms with Crippen molar-refractivity contribution in [2.45, 2.75) is 32.7 Å². The van der Waals surface area contributed by atoms with Gasteiger partial charge in [0, 0.05) is 12.0 Å². The van der Waals surface area contributed by atoms with Gasteiger partial charge < -0.3 is 4.74 Å². The fourth-order valence-corrected chi connectivity index (χ4v) is 0.860. The molecule has 0 aromatic heterocycles. The molecule has 0 aliphatic heterocycles. The van der Waals surface area contributed by atoms with Crippen molar-refractivity contribution >= 4 is 5.97 Å². The summed E-state index contributed by atoms with van der Waals surface area (Å²) in [5.41, 5.74) is -0.504. The van der Waals surface area contributed by atoms with Gasteiger partial charge in [-0.15, -0.1) is 0 Å². The van der Waals surface area contributed by atoms with Crippen LogP contribution in [-0.2, 0) is 9.53 Å². The molecule has 0 fully saturated rings. The number of ether oxygens (including phenoxy) is 1. The minimum atomic E-state index is -0.788. The molecule has 0 aliphatic carbocycles. The third-order valence-electron chi connectivity index (χ3n) is 1.46. The van der Waals surface area contributed by atoms with E-state index in [2.05, 4.69) is 11.8 Å². The van der Waals surface area contributed by atoms with Gasteiger partial charge in [0.05, 0.1) is 6.61 Å². The predicted molar refractivity (Wildman–Crippen MR) is 50.3 cm³/mol. The quantitative estimate of drug-likeness (QED) is 0.374. The smallest absolute Gasteiger partial charge is 0.333 e. The van der Waals surface area contributed by atoms with Gasteiger partial charge in [0.25, 0.3) is 0 Å². The summed E-state index contributed by atoms with van der Waals surface area (Å²) >= 11 is 0. The summed E-state index contributed by atoms with van der Waals surface area (Å²) in [6, 6.07) is 0. The number of hydrogen-bond acceptors (Lipinski definition) is 4. The first-order valence-electron chi connectivity index (χ1n) is 4.12. The first-order chi connectivity index (χ1) is 5.93. The summed E-state index contributed by atoms with van der Waals surface area (Å²) < 4.78 is 4.71. The van der Waals surface area contributed by atoms with Crippen molar-refractivity contribution in [3.8, 4) is 0 Å². The molecule has 0 aliphatic rings. The van der Waals surface area contributed by atoms with E-state index in [1.54, 1.807) is 20.8 Å². The van der Waals surface area contributed by atoms with Crippen LogP contribution in [0, 0.1) is 4.91 Å². The zero-order valence-corrected chi connectivity index (χ0v) is 8.29. The Morgan fingerprint density at radius 2 is 2.08 bits per heavy atom. The molecule has 0 saturated heterocycles. The van der Waals surface area contributed by atoms with E-state index >= 15 is 0 Å². The molecule has 0 aromatic carbocycles. The lowest BCUT2D eigenvalue weighted by atomic mass is 9.97. The van der Waals surface area contributed by atoms with E-state index in [4.69, 9.17) is 4.74 Å². The Labute approximate surface area is 77.9 Å². The number of nitrogens with zero attached hydrogens (tertiary/aromatic N) is 1. The van der Waals surface area contributed by atoms with Gasteiger partial charge in [0.1, 0.15) is 5.54 Å². The lowest BCUT2D eigenvalue weighted by Crippen LogP contribution is -2.20. The second-order valence-electron chi connectivity index (χ2n) is 3.40. The second kappa shape index (κ2) is 4.74. The maximum Gasteiger partial charge on any atom is 0.333 e. The molecule has 74 valence electrons. The Hall–Kier alpha value is -1.19. The van der Waals surface area contributed by atoms with Crippen molar-refractivity contribution in [2.75, 3.05) is 6.61 Å². The highest BCUT2D eigenvalue weighted by Crippen LogP contribution is 2.19. The zero-order chi connectivity index (χ0) is 10.5. The van der Waals surface area contributed by atoms with Gasteiger partial charge in [0.2, 0.25) is 0 Å². The van der Waals surface area contributed by atoms with Gasteiger partial charge >= 0.3 is 5.97 Å². The van der Waals surface area contributed by atoms with E-state index < -0.39 is 11.5 Å². The Morgan fingerprint density at radius 3 is 2.46 bits per heavy atom. The predicted octanol–water partition coefficient (Wildman–Crippen LogP) is 2.04. The minimum absolute atomic E-state index is 0.231. The Bertz CT molecular complexity index is 221. The first kappa shape index (κ1) is 11.8. The SMILES string of the molecule is C=C(CC(C)(C)N=O)C(=O)OCC. The molecule has 0 bridgehead atoms. The van der Waals surface area contributed by atoms with Crippen LogP contribution in [0.5, 0.6) is 0 Å². The molecule has 0 unspecified atom stereocenters. The Balaban J connectivity index is 4.15. The molecular weight excluding hydrogens is 170 g/mol. The van der Waals surface area contributed by atoms with Crippen molar-refractivity contribution in [1.82, 2.24) is 0 Å².